The number of nitrogens with zero attached hydrogens (tertiary/aromatic N) is 4. The van der Waals surface area contributed by atoms with Crippen LogP contribution in [-0.2, 0) is 4.74 Å². The summed E-state index contributed by atoms with van der Waals surface area (Å²) >= 11 is 11.3. The molecule has 7 nitrogen and oxygen atoms in total. The Morgan fingerprint density at radius 2 is 1.97 bits per heavy atom. The molecule has 0 radical (unpaired) electrons. The molecule has 2 aromatic carbocycles. The van der Waals surface area contributed by atoms with Crippen LogP contribution in [0.4, 0.5) is 0 Å². The smallest absolute Gasteiger partial charge is 0.360 e. The number of carbonyl (C=O) groups excluding carboxylic acids is 1. The molecule has 31 heavy (non-hydrogen) atoms. The van der Waals surface area contributed by atoms with Crippen LogP contribution in [0.5, 0.6) is 0 Å². The van der Waals surface area contributed by atoms with Gasteiger partial charge in [-0.1, -0.05) is 41.4 Å². The third-order valence-electron chi connectivity index (χ3n) is 4.30. The highest BCUT2D eigenvalue weighted by atomic mass is 79.9. The minimum absolute atomic E-state index is 0.0827. The first-order valence-electron chi connectivity index (χ1n) is 9.10. The van der Waals surface area contributed by atoms with Gasteiger partial charge in [0.25, 0.3) is 5.89 Å². The highest BCUT2D eigenvalue weighted by Crippen LogP contribution is 2.36. The molecule has 0 aliphatic rings. The van der Waals surface area contributed by atoms with Crippen LogP contribution >= 0.6 is 39.3 Å². The molecule has 0 unspecified atom stereocenters. The van der Waals surface area contributed by atoms with Crippen molar-refractivity contribution in [2.24, 2.45) is 0 Å². The van der Waals surface area contributed by atoms with Gasteiger partial charge in [-0.05, 0) is 53.4 Å². The number of rotatable bonds is 6. The number of carbonyl (C=O) groups is 1. The lowest BCUT2D eigenvalue weighted by molar-refractivity contribution is 0.0571. The van der Waals surface area contributed by atoms with E-state index in [1.165, 1.54) is 16.4 Å². The van der Waals surface area contributed by atoms with Crippen LogP contribution < -0.4 is 0 Å². The van der Waals surface area contributed by atoms with E-state index in [-0.39, 0.29) is 17.5 Å². The number of thioether (sulfide) groups is 1. The van der Waals surface area contributed by atoms with Gasteiger partial charge in [0.15, 0.2) is 5.69 Å². The summed E-state index contributed by atoms with van der Waals surface area (Å²) in [6.07, 6.45) is 1.83. The summed E-state index contributed by atoms with van der Waals surface area (Å²) in [5.74, 6) is 0.160. The molecule has 10 heteroatoms. The van der Waals surface area contributed by atoms with Gasteiger partial charge in [0.05, 0.1) is 15.2 Å². The summed E-state index contributed by atoms with van der Waals surface area (Å²) in [6.45, 7) is 1.98. The van der Waals surface area contributed by atoms with E-state index >= 15 is 0 Å². The maximum Gasteiger partial charge on any atom is 0.360 e. The van der Waals surface area contributed by atoms with E-state index in [4.69, 9.17) is 20.8 Å². The van der Waals surface area contributed by atoms with Crippen LogP contribution in [0.3, 0.4) is 0 Å². The van der Waals surface area contributed by atoms with E-state index in [1.54, 1.807) is 18.2 Å². The van der Waals surface area contributed by atoms with Crippen molar-refractivity contribution in [3.05, 3.63) is 69.3 Å². The van der Waals surface area contributed by atoms with Gasteiger partial charge < -0.3 is 9.15 Å². The molecule has 0 fully saturated rings. The van der Waals surface area contributed by atoms with Crippen molar-refractivity contribution in [1.29, 1.82) is 0 Å². The molecule has 2 aromatic heterocycles. The predicted octanol–water partition coefficient (Wildman–Crippen LogP) is 5.79. The normalized spacial score (nSPS) is 11.0. The first kappa shape index (κ1) is 21.6. The number of hydrogen-bond donors (Lipinski definition) is 0. The molecule has 0 amide bonds. The lowest BCUT2D eigenvalue weighted by Gasteiger charge is -2.06. The summed E-state index contributed by atoms with van der Waals surface area (Å²) < 4.78 is 13.1. The topological polar surface area (TPSA) is 83.0 Å². The third kappa shape index (κ3) is 4.39. The molecule has 158 valence electrons. The molecule has 4 aromatic rings. The molecular formula is C21H16BrClN4O3S. The molecule has 2 heterocycles. The van der Waals surface area contributed by atoms with Gasteiger partial charge in [0, 0.05) is 5.56 Å². The largest absolute Gasteiger partial charge is 0.450 e. The summed E-state index contributed by atoms with van der Waals surface area (Å²) in [5.41, 5.74) is 2.89. The second-order valence-electron chi connectivity index (χ2n) is 6.49. The quantitative estimate of drug-likeness (QED) is 0.235. The van der Waals surface area contributed by atoms with Crippen molar-refractivity contribution in [1.82, 2.24) is 20.0 Å². The molecule has 0 spiro atoms. The number of aromatic nitrogens is 4. The van der Waals surface area contributed by atoms with Gasteiger partial charge >= 0.3 is 5.97 Å². The molecule has 0 saturated heterocycles. The monoisotopic (exact) mass is 518 g/mol. The van der Waals surface area contributed by atoms with Crippen molar-refractivity contribution < 1.29 is 13.9 Å². The number of para-hydroxylation sites is 1. The van der Waals surface area contributed by atoms with Crippen molar-refractivity contribution in [2.75, 3.05) is 12.2 Å². The average Bonchev–Trinajstić information content (AvgIpc) is 3.37. The summed E-state index contributed by atoms with van der Waals surface area (Å²) in [7, 11) is 0. The predicted molar refractivity (Wildman–Crippen MR) is 124 cm³/mol. The zero-order chi connectivity index (χ0) is 22.0. The zero-order valence-electron chi connectivity index (χ0n) is 16.5. The molecule has 0 saturated carbocycles. The minimum Gasteiger partial charge on any atom is -0.450 e. The third-order valence-corrected chi connectivity index (χ3v) is 5.73. The maximum atomic E-state index is 12.6. The Bertz CT molecular complexity index is 1260. The molecular weight excluding hydrogens is 504 g/mol. The minimum atomic E-state index is -0.577. The van der Waals surface area contributed by atoms with Crippen molar-refractivity contribution >= 4 is 45.3 Å². The fourth-order valence-corrected chi connectivity index (χ4v) is 3.93. The van der Waals surface area contributed by atoms with Crippen molar-refractivity contribution in [3.63, 3.8) is 0 Å². The van der Waals surface area contributed by atoms with E-state index < -0.39 is 5.97 Å². The van der Waals surface area contributed by atoms with Gasteiger partial charge in [0.2, 0.25) is 5.89 Å². The molecule has 0 bridgehead atoms. The SMILES string of the molecule is CSCOC(=O)c1nn(-c2ccccc2Cl)c(-c2nnc(-c3cccc(C)c3)o2)c1Br. The Balaban J connectivity index is 1.86. The van der Waals surface area contributed by atoms with E-state index in [9.17, 15) is 4.79 Å². The van der Waals surface area contributed by atoms with Crippen molar-refractivity contribution in [3.8, 4) is 28.7 Å². The second kappa shape index (κ2) is 9.25. The lowest BCUT2D eigenvalue weighted by Crippen LogP contribution is -2.07. The molecule has 0 N–H and O–H groups in total. The highest BCUT2D eigenvalue weighted by Gasteiger charge is 2.28. The maximum absolute atomic E-state index is 12.6. The van der Waals surface area contributed by atoms with Gasteiger partial charge in [-0.2, -0.15) is 5.10 Å². The molecule has 0 aliphatic carbocycles. The first-order valence-corrected chi connectivity index (χ1v) is 11.7. The number of halogens is 2. The van der Waals surface area contributed by atoms with E-state index in [0.29, 0.717) is 26.8 Å². The Hall–Kier alpha value is -2.62. The molecule has 0 aliphatic heterocycles. The van der Waals surface area contributed by atoms with Crippen LogP contribution in [0, 0.1) is 6.92 Å². The molecule has 4 rings (SSSR count). The second-order valence-corrected chi connectivity index (χ2v) is 8.51. The van der Waals surface area contributed by atoms with Crippen molar-refractivity contribution in [2.45, 2.75) is 6.92 Å². The fraction of sp³-hybridized carbons (Fsp3) is 0.143. The van der Waals surface area contributed by atoms with Gasteiger partial charge in [0.1, 0.15) is 11.6 Å². The van der Waals surface area contributed by atoms with Gasteiger partial charge in [-0.25, -0.2) is 9.48 Å². The number of hydrogen-bond acceptors (Lipinski definition) is 7. The molecule has 0 atom stereocenters. The Labute approximate surface area is 195 Å². The average molecular weight is 520 g/mol. The van der Waals surface area contributed by atoms with Crippen LogP contribution in [0.1, 0.15) is 16.1 Å². The van der Waals surface area contributed by atoms with E-state index in [0.717, 1.165) is 11.1 Å². The first-order chi connectivity index (χ1) is 15.0. The number of ether oxygens (including phenoxy) is 1. The number of aryl methyl sites for hydroxylation is 1. The summed E-state index contributed by atoms with van der Waals surface area (Å²) in [4.78, 5) is 12.6. The zero-order valence-corrected chi connectivity index (χ0v) is 19.7. The fourth-order valence-electron chi connectivity index (χ4n) is 2.91. The van der Waals surface area contributed by atoms with E-state index in [1.807, 2.05) is 43.5 Å². The Kier molecular flexibility index (Phi) is 6.45. The summed E-state index contributed by atoms with van der Waals surface area (Å²) in [6, 6.07) is 14.9. The Morgan fingerprint density at radius 1 is 1.19 bits per heavy atom. The van der Waals surface area contributed by atoms with Crippen LogP contribution in [0.15, 0.2) is 57.4 Å². The Morgan fingerprint density at radius 3 is 2.71 bits per heavy atom. The van der Waals surface area contributed by atoms with E-state index in [2.05, 4.69) is 31.2 Å². The number of esters is 1. The lowest BCUT2D eigenvalue weighted by atomic mass is 10.1. The number of benzene rings is 2. The highest BCUT2D eigenvalue weighted by molar-refractivity contribution is 9.10. The van der Waals surface area contributed by atoms with Gasteiger partial charge in [-0.15, -0.1) is 22.0 Å². The van der Waals surface area contributed by atoms with Crippen LogP contribution in [-0.4, -0.2) is 38.1 Å². The summed E-state index contributed by atoms with van der Waals surface area (Å²) in [5, 5.41) is 13.3. The van der Waals surface area contributed by atoms with Crippen LogP contribution in [0.25, 0.3) is 28.7 Å². The standard InChI is InChI=1S/C21H16BrClN4O3S/c1-12-6-5-7-13(10-12)19-24-25-20(30-19)18-16(22)17(21(28)29-11-31-2)26-27(18)15-9-4-3-8-14(15)23/h3-10H,11H2,1-2H3. The van der Waals surface area contributed by atoms with Crippen LogP contribution in [0.2, 0.25) is 5.02 Å². The van der Waals surface area contributed by atoms with Gasteiger partial charge in [-0.3, -0.25) is 0 Å².